The minimum atomic E-state index is 0.665. The van der Waals surface area contributed by atoms with Crippen LogP contribution < -0.4 is 5.32 Å². The average Bonchev–Trinajstić information content (AvgIpc) is 2.69. The van der Waals surface area contributed by atoms with E-state index < -0.39 is 0 Å². The van der Waals surface area contributed by atoms with Crippen LogP contribution in [0.4, 0.5) is 5.69 Å². The molecule has 2 bridgehead atoms. The summed E-state index contributed by atoms with van der Waals surface area (Å²) in [6.07, 6.45) is 6.62. The van der Waals surface area contributed by atoms with Crippen molar-refractivity contribution in [3.05, 3.63) is 29.8 Å². The van der Waals surface area contributed by atoms with Gasteiger partial charge in [0.15, 0.2) is 0 Å². The molecular formula is C18H28N2. The summed E-state index contributed by atoms with van der Waals surface area (Å²) in [5.74, 6) is 0.670. The summed E-state index contributed by atoms with van der Waals surface area (Å²) < 4.78 is 0. The van der Waals surface area contributed by atoms with Crippen LogP contribution in [0.15, 0.2) is 24.3 Å². The highest BCUT2D eigenvalue weighted by Gasteiger charge is 2.38. The Balaban J connectivity index is 1.61. The van der Waals surface area contributed by atoms with Crippen LogP contribution in [-0.4, -0.2) is 30.1 Å². The van der Waals surface area contributed by atoms with Crippen LogP contribution in [0.5, 0.6) is 0 Å². The van der Waals surface area contributed by atoms with Gasteiger partial charge in [-0.3, -0.25) is 0 Å². The zero-order valence-corrected chi connectivity index (χ0v) is 13.1. The first-order valence-electron chi connectivity index (χ1n) is 8.25. The highest BCUT2D eigenvalue weighted by atomic mass is 15.2. The maximum Gasteiger partial charge on any atom is 0.0342 e. The van der Waals surface area contributed by atoms with Crippen LogP contribution in [0, 0.1) is 0 Å². The molecule has 3 rings (SSSR count). The Kier molecular flexibility index (Phi) is 4.02. The monoisotopic (exact) mass is 272 g/mol. The Morgan fingerprint density at radius 3 is 2.30 bits per heavy atom. The number of hydrogen-bond acceptors (Lipinski definition) is 2. The summed E-state index contributed by atoms with van der Waals surface area (Å²) in [4.78, 5) is 2.60. The molecule has 1 N–H and O–H groups in total. The standard InChI is InChI=1S/C18H28N2/c1-4-13(2)14-5-7-15(8-6-14)19-16-11-17-9-10-18(12-16)20(17)3/h5-8,13,16-19H,4,9-12H2,1-3H3. The molecule has 0 saturated carbocycles. The van der Waals surface area contributed by atoms with Gasteiger partial charge in [0.1, 0.15) is 0 Å². The largest absolute Gasteiger partial charge is 0.382 e. The van der Waals surface area contributed by atoms with E-state index in [-0.39, 0.29) is 0 Å². The Morgan fingerprint density at radius 2 is 1.75 bits per heavy atom. The lowest BCUT2D eigenvalue weighted by Crippen LogP contribution is -2.44. The first-order valence-corrected chi connectivity index (χ1v) is 8.25. The highest BCUT2D eigenvalue weighted by Crippen LogP contribution is 2.35. The van der Waals surface area contributed by atoms with Gasteiger partial charge < -0.3 is 10.2 Å². The number of benzene rings is 1. The first kappa shape index (κ1) is 13.9. The van der Waals surface area contributed by atoms with Crippen molar-refractivity contribution in [1.82, 2.24) is 4.90 Å². The predicted molar refractivity (Wildman–Crippen MR) is 86.4 cm³/mol. The molecule has 2 fully saturated rings. The summed E-state index contributed by atoms with van der Waals surface area (Å²) in [6.45, 7) is 4.56. The number of nitrogens with zero attached hydrogens (tertiary/aromatic N) is 1. The van der Waals surface area contributed by atoms with Gasteiger partial charge in [-0.2, -0.15) is 0 Å². The van der Waals surface area contributed by atoms with Gasteiger partial charge in [-0.15, -0.1) is 0 Å². The van der Waals surface area contributed by atoms with Gasteiger partial charge in [0, 0.05) is 23.8 Å². The SMILES string of the molecule is CCC(C)c1ccc(NC2CC3CCC(C2)N3C)cc1. The summed E-state index contributed by atoms with van der Waals surface area (Å²) in [5, 5.41) is 3.76. The number of rotatable bonds is 4. The first-order chi connectivity index (χ1) is 9.67. The van der Waals surface area contributed by atoms with E-state index >= 15 is 0 Å². The van der Waals surface area contributed by atoms with E-state index in [2.05, 4.69) is 55.4 Å². The van der Waals surface area contributed by atoms with E-state index in [4.69, 9.17) is 0 Å². The molecule has 2 heteroatoms. The molecule has 2 saturated heterocycles. The maximum absolute atomic E-state index is 3.76. The van der Waals surface area contributed by atoms with Gasteiger partial charge in [0.2, 0.25) is 0 Å². The molecule has 20 heavy (non-hydrogen) atoms. The van der Waals surface area contributed by atoms with Crippen molar-refractivity contribution < 1.29 is 0 Å². The lowest BCUT2D eigenvalue weighted by Gasteiger charge is -2.37. The highest BCUT2D eigenvalue weighted by molar-refractivity contribution is 5.46. The molecular weight excluding hydrogens is 244 g/mol. The number of hydrogen-bond donors (Lipinski definition) is 1. The quantitative estimate of drug-likeness (QED) is 0.882. The molecule has 0 radical (unpaired) electrons. The van der Waals surface area contributed by atoms with Crippen LogP contribution in [0.3, 0.4) is 0 Å². The minimum Gasteiger partial charge on any atom is -0.382 e. The molecule has 2 nitrogen and oxygen atoms in total. The van der Waals surface area contributed by atoms with Gasteiger partial charge >= 0.3 is 0 Å². The second kappa shape index (κ2) is 5.77. The predicted octanol–water partition coefficient (Wildman–Crippen LogP) is 4.24. The summed E-state index contributed by atoms with van der Waals surface area (Å²) >= 11 is 0. The van der Waals surface area contributed by atoms with Crippen molar-refractivity contribution in [1.29, 1.82) is 0 Å². The third kappa shape index (κ3) is 2.71. The second-order valence-corrected chi connectivity index (χ2v) is 6.79. The number of fused-ring (bicyclic) bond motifs is 2. The van der Waals surface area contributed by atoms with Crippen LogP contribution in [0.25, 0.3) is 0 Å². The van der Waals surface area contributed by atoms with Crippen molar-refractivity contribution in [3.8, 4) is 0 Å². The van der Waals surface area contributed by atoms with Crippen LogP contribution in [0.1, 0.15) is 57.4 Å². The van der Waals surface area contributed by atoms with Gasteiger partial charge in [-0.05, 0) is 62.8 Å². The number of anilines is 1. The van der Waals surface area contributed by atoms with Crippen molar-refractivity contribution in [2.45, 2.75) is 70.0 Å². The molecule has 1 aromatic rings. The molecule has 0 spiro atoms. The zero-order chi connectivity index (χ0) is 14.1. The molecule has 0 aliphatic carbocycles. The van der Waals surface area contributed by atoms with Gasteiger partial charge in [-0.1, -0.05) is 26.0 Å². The molecule has 3 unspecified atom stereocenters. The second-order valence-electron chi connectivity index (χ2n) is 6.79. The van der Waals surface area contributed by atoms with Crippen LogP contribution in [0.2, 0.25) is 0 Å². The molecule has 110 valence electrons. The maximum atomic E-state index is 3.76. The molecule has 2 aliphatic rings. The van der Waals surface area contributed by atoms with E-state index in [1.165, 1.54) is 43.4 Å². The van der Waals surface area contributed by atoms with Gasteiger partial charge in [-0.25, -0.2) is 0 Å². The number of piperidine rings is 1. The van der Waals surface area contributed by atoms with Crippen molar-refractivity contribution in [3.63, 3.8) is 0 Å². The lowest BCUT2D eigenvalue weighted by molar-refractivity contribution is 0.169. The molecule has 0 amide bonds. The van der Waals surface area contributed by atoms with Crippen molar-refractivity contribution in [2.75, 3.05) is 12.4 Å². The fraction of sp³-hybridized carbons (Fsp3) is 0.667. The van der Waals surface area contributed by atoms with Gasteiger partial charge in [0.25, 0.3) is 0 Å². The van der Waals surface area contributed by atoms with E-state index in [0.717, 1.165) is 12.1 Å². The van der Waals surface area contributed by atoms with Gasteiger partial charge in [0.05, 0.1) is 0 Å². The average molecular weight is 272 g/mol. The third-order valence-electron chi connectivity index (χ3n) is 5.56. The van der Waals surface area contributed by atoms with Crippen LogP contribution >= 0.6 is 0 Å². The van der Waals surface area contributed by atoms with E-state index in [1.807, 2.05) is 0 Å². The normalized spacial score (nSPS) is 31.2. The van der Waals surface area contributed by atoms with Crippen molar-refractivity contribution in [2.24, 2.45) is 0 Å². The Hall–Kier alpha value is -1.02. The Bertz CT molecular complexity index is 425. The van der Waals surface area contributed by atoms with Crippen LogP contribution in [-0.2, 0) is 0 Å². The summed E-state index contributed by atoms with van der Waals surface area (Å²) in [7, 11) is 2.31. The van der Waals surface area contributed by atoms with E-state index in [1.54, 1.807) is 0 Å². The Morgan fingerprint density at radius 1 is 1.15 bits per heavy atom. The summed E-state index contributed by atoms with van der Waals surface area (Å²) in [6, 6.07) is 11.4. The minimum absolute atomic E-state index is 0.665. The third-order valence-corrected chi connectivity index (χ3v) is 5.56. The lowest BCUT2D eigenvalue weighted by atomic mass is 9.96. The zero-order valence-electron chi connectivity index (χ0n) is 13.1. The van der Waals surface area contributed by atoms with Crippen molar-refractivity contribution >= 4 is 5.69 Å². The molecule has 2 heterocycles. The topological polar surface area (TPSA) is 15.3 Å². The number of nitrogens with one attached hydrogen (secondary N) is 1. The fourth-order valence-electron chi connectivity index (χ4n) is 3.91. The molecule has 2 aliphatic heterocycles. The molecule has 0 aromatic heterocycles. The smallest absolute Gasteiger partial charge is 0.0342 e. The molecule has 1 aromatic carbocycles. The molecule has 3 atom stereocenters. The fourth-order valence-corrected chi connectivity index (χ4v) is 3.91. The Labute approximate surface area is 123 Å². The van der Waals surface area contributed by atoms with E-state index in [0.29, 0.717) is 12.0 Å². The van der Waals surface area contributed by atoms with E-state index in [9.17, 15) is 0 Å². The summed E-state index contributed by atoms with van der Waals surface area (Å²) in [5.41, 5.74) is 2.76.